The molecule has 0 bridgehead atoms. The summed E-state index contributed by atoms with van der Waals surface area (Å²) in [6.07, 6.45) is 1.41. The fraction of sp³-hybridized carbons (Fsp3) is 0.158. The largest absolute Gasteiger partial charge is 0.437 e. The second-order valence-electron chi connectivity index (χ2n) is 5.90. The molecule has 128 valence electrons. The number of hydrogen-bond donors (Lipinski definition) is 2. The molecule has 0 aliphatic carbocycles. The molecule has 0 aliphatic heterocycles. The third-order valence-corrected chi connectivity index (χ3v) is 4.19. The highest BCUT2D eigenvalue weighted by molar-refractivity contribution is 6.31. The van der Waals surface area contributed by atoms with Gasteiger partial charge >= 0.3 is 0 Å². The first-order valence-corrected chi connectivity index (χ1v) is 8.20. The van der Waals surface area contributed by atoms with Gasteiger partial charge in [-0.3, -0.25) is 0 Å². The molecule has 1 aromatic heterocycles. The summed E-state index contributed by atoms with van der Waals surface area (Å²) < 4.78 is 5.86. The Morgan fingerprint density at radius 1 is 1.04 bits per heavy atom. The number of nitrogens with zero attached hydrogens (tertiary/aromatic N) is 2. The van der Waals surface area contributed by atoms with Crippen molar-refractivity contribution in [3.8, 4) is 11.6 Å². The third kappa shape index (κ3) is 3.83. The molecule has 3 aromatic rings. The molecule has 0 atom stereocenters. The van der Waals surface area contributed by atoms with Crippen LogP contribution in [0.2, 0.25) is 5.02 Å². The molecule has 0 saturated carbocycles. The zero-order valence-corrected chi connectivity index (χ0v) is 15.1. The summed E-state index contributed by atoms with van der Waals surface area (Å²) in [7, 11) is 0. The van der Waals surface area contributed by atoms with Crippen molar-refractivity contribution in [2.24, 2.45) is 0 Å². The van der Waals surface area contributed by atoms with E-state index in [4.69, 9.17) is 22.1 Å². The Labute approximate surface area is 151 Å². The maximum absolute atomic E-state index is 6.20. The number of nitrogens with two attached hydrogens (primary N) is 1. The monoisotopic (exact) mass is 354 g/mol. The van der Waals surface area contributed by atoms with Crippen molar-refractivity contribution in [1.82, 2.24) is 9.97 Å². The van der Waals surface area contributed by atoms with Crippen molar-refractivity contribution in [1.29, 1.82) is 0 Å². The Morgan fingerprint density at radius 3 is 2.48 bits per heavy atom. The van der Waals surface area contributed by atoms with E-state index in [1.807, 2.05) is 51.1 Å². The molecule has 0 aliphatic rings. The zero-order valence-electron chi connectivity index (χ0n) is 14.3. The number of rotatable bonds is 4. The van der Waals surface area contributed by atoms with E-state index >= 15 is 0 Å². The fourth-order valence-electron chi connectivity index (χ4n) is 2.53. The Bertz CT molecular complexity index is 907. The van der Waals surface area contributed by atoms with Crippen LogP contribution in [0.4, 0.5) is 17.2 Å². The lowest BCUT2D eigenvalue weighted by Crippen LogP contribution is -2.04. The molecule has 3 N–H and O–H groups in total. The van der Waals surface area contributed by atoms with Gasteiger partial charge in [0, 0.05) is 10.7 Å². The minimum atomic E-state index is 0.308. The van der Waals surface area contributed by atoms with E-state index in [1.54, 1.807) is 0 Å². The van der Waals surface area contributed by atoms with Crippen LogP contribution in [-0.4, -0.2) is 9.97 Å². The molecule has 6 heteroatoms. The van der Waals surface area contributed by atoms with E-state index in [9.17, 15) is 0 Å². The van der Waals surface area contributed by atoms with Gasteiger partial charge in [0.1, 0.15) is 17.8 Å². The van der Waals surface area contributed by atoms with Crippen molar-refractivity contribution in [2.45, 2.75) is 20.8 Å². The molecule has 3 rings (SSSR count). The van der Waals surface area contributed by atoms with E-state index in [-0.39, 0.29) is 0 Å². The van der Waals surface area contributed by atoms with E-state index in [2.05, 4.69) is 21.4 Å². The number of nitrogens with one attached hydrogen (secondary N) is 1. The lowest BCUT2D eigenvalue weighted by molar-refractivity contribution is 0.464. The first-order chi connectivity index (χ1) is 11.9. The summed E-state index contributed by atoms with van der Waals surface area (Å²) in [6.45, 7) is 5.95. The second-order valence-corrected chi connectivity index (χ2v) is 6.31. The van der Waals surface area contributed by atoms with Crippen LogP contribution in [0.3, 0.4) is 0 Å². The first kappa shape index (κ1) is 17.0. The summed E-state index contributed by atoms with van der Waals surface area (Å²) in [4.78, 5) is 8.36. The van der Waals surface area contributed by atoms with Crippen LogP contribution in [0, 0.1) is 20.8 Å². The number of benzene rings is 2. The van der Waals surface area contributed by atoms with Crippen LogP contribution in [0.5, 0.6) is 11.6 Å². The standard InChI is InChI=1S/C19H19ClN4O/c1-11-7-12(2)9-14(8-11)25-19-17(21)18(22-10-23-19)24-16-6-4-5-15(20)13(16)3/h4-10H,21H2,1-3H3,(H,22,23,24). The van der Waals surface area contributed by atoms with E-state index < -0.39 is 0 Å². The van der Waals surface area contributed by atoms with Gasteiger partial charge in [0.05, 0.1) is 0 Å². The molecule has 0 saturated heterocycles. The normalized spacial score (nSPS) is 10.6. The Balaban J connectivity index is 1.91. The molecule has 2 aromatic carbocycles. The lowest BCUT2D eigenvalue weighted by atomic mass is 10.1. The average molecular weight is 355 g/mol. The fourth-order valence-corrected chi connectivity index (χ4v) is 2.71. The molecule has 0 spiro atoms. The van der Waals surface area contributed by atoms with E-state index in [1.165, 1.54) is 6.33 Å². The van der Waals surface area contributed by atoms with Gasteiger partial charge in [-0.2, -0.15) is 4.98 Å². The number of hydrogen-bond acceptors (Lipinski definition) is 5. The van der Waals surface area contributed by atoms with Gasteiger partial charge in [0.2, 0.25) is 5.88 Å². The first-order valence-electron chi connectivity index (χ1n) is 7.83. The molecule has 5 nitrogen and oxygen atoms in total. The van der Waals surface area contributed by atoms with Gasteiger partial charge in [-0.05, 0) is 61.7 Å². The van der Waals surface area contributed by atoms with Gasteiger partial charge in [-0.15, -0.1) is 0 Å². The van der Waals surface area contributed by atoms with Crippen LogP contribution in [-0.2, 0) is 0 Å². The third-order valence-electron chi connectivity index (χ3n) is 3.78. The average Bonchev–Trinajstić information content (AvgIpc) is 2.54. The van der Waals surface area contributed by atoms with Gasteiger partial charge in [-0.25, -0.2) is 4.98 Å². The second kappa shape index (κ2) is 6.99. The van der Waals surface area contributed by atoms with Gasteiger partial charge in [0.15, 0.2) is 5.82 Å². The Hall–Kier alpha value is -2.79. The van der Waals surface area contributed by atoms with Crippen molar-refractivity contribution in [3.63, 3.8) is 0 Å². The summed E-state index contributed by atoms with van der Waals surface area (Å²) in [6, 6.07) is 11.5. The summed E-state index contributed by atoms with van der Waals surface area (Å²) in [5.41, 5.74) is 10.5. The number of halogens is 1. The van der Waals surface area contributed by atoms with Crippen molar-refractivity contribution < 1.29 is 4.74 Å². The molecular formula is C19H19ClN4O. The van der Waals surface area contributed by atoms with Crippen LogP contribution >= 0.6 is 11.6 Å². The number of anilines is 3. The minimum Gasteiger partial charge on any atom is -0.437 e. The molecule has 0 amide bonds. The topological polar surface area (TPSA) is 73.1 Å². The summed E-state index contributed by atoms with van der Waals surface area (Å²) in [5, 5.41) is 3.86. The minimum absolute atomic E-state index is 0.308. The van der Waals surface area contributed by atoms with E-state index in [0.717, 1.165) is 22.4 Å². The summed E-state index contributed by atoms with van der Waals surface area (Å²) >= 11 is 6.16. The van der Waals surface area contributed by atoms with Crippen molar-refractivity contribution >= 4 is 28.8 Å². The van der Waals surface area contributed by atoms with Crippen LogP contribution in [0.25, 0.3) is 0 Å². The molecule has 0 unspecified atom stereocenters. The summed E-state index contributed by atoms with van der Waals surface area (Å²) in [5.74, 6) is 1.47. The quantitative estimate of drug-likeness (QED) is 0.675. The van der Waals surface area contributed by atoms with Gasteiger partial charge in [0.25, 0.3) is 0 Å². The van der Waals surface area contributed by atoms with Crippen molar-refractivity contribution in [2.75, 3.05) is 11.1 Å². The molecule has 0 radical (unpaired) electrons. The molecule has 25 heavy (non-hydrogen) atoms. The number of aromatic nitrogens is 2. The van der Waals surface area contributed by atoms with Gasteiger partial charge < -0.3 is 15.8 Å². The number of nitrogen functional groups attached to an aromatic ring is 1. The maximum Gasteiger partial charge on any atom is 0.248 e. The van der Waals surface area contributed by atoms with Crippen LogP contribution < -0.4 is 15.8 Å². The Morgan fingerprint density at radius 2 is 1.76 bits per heavy atom. The van der Waals surface area contributed by atoms with Crippen LogP contribution in [0.15, 0.2) is 42.7 Å². The van der Waals surface area contributed by atoms with Crippen molar-refractivity contribution in [3.05, 3.63) is 64.4 Å². The highest BCUT2D eigenvalue weighted by Gasteiger charge is 2.12. The highest BCUT2D eigenvalue weighted by Crippen LogP contribution is 2.33. The zero-order chi connectivity index (χ0) is 18.0. The molecule has 1 heterocycles. The maximum atomic E-state index is 6.20. The Kier molecular flexibility index (Phi) is 4.76. The SMILES string of the molecule is Cc1cc(C)cc(Oc2ncnc(Nc3cccc(Cl)c3C)c2N)c1. The number of ether oxygens (including phenoxy) is 1. The predicted molar refractivity (Wildman–Crippen MR) is 102 cm³/mol. The molecular weight excluding hydrogens is 336 g/mol. The van der Waals surface area contributed by atoms with Crippen LogP contribution in [0.1, 0.15) is 16.7 Å². The molecule has 0 fully saturated rings. The highest BCUT2D eigenvalue weighted by atomic mass is 35.5. The van der Waals surface area contributed by atoms with E-state index in [0.29, 0.717) is 28.2 Å². The predicted octanol–water partition coefficient (Wildman–Crippen LogP) is 5.17. The lowest BCUT2D eigenvalue weighted by Gasteiger charge is -2.14. The number of aryl methyl sites for hydroxylation is 2. The smallest absolute Gasteiger partial charge is 0.248 e. The van der Waals surface area contributed by atoms with Gasteiger partial charge in [-0.1, -0.05) is 23.7 Å².